The van der Waals surface area contributed by atoms with Crippen LogP contribution in [0.2, 0.25) is 15.1 Å². The van der Waals surface area contributed by atoms with Crippen LogP contribution >= 0.6 is 34.8 Å². The zero-order valence-electron chi connectivity index (χ0n) is 12.9. The van der Waals surface area contributed by atoms with Gasteiger partial charge in [0, 0.05) is 10.4 Å². The number of rotatable bonds is 3. The number of methoxy groups -OCH3 is 1. The van der Waals surface area contributed by atoms with Crippen LogP contribution in [0, 0.1) is 0 Å². The molecule has 0 amide bonds. The second kappa shape index (κ2) is 7.04. The summed E-state index contributed by atoms with van der Waals surface area (Å²) < 4.78 is 5.94. The largest absolute Gasteiger partial charge is 0.464 e. The number of fused-ring (bicyclic) bond motifs is 1. The molecule has 8 heteroatoms. The normalized spacial score (nSPS) is 10.9. The van der Waals surface area contributed by atoms with Gasteiger partial charge >= 0.3 is 5.97 Å². The number of benzene rings is 2. The molecular formula is C17H11Cl3N2O3. The lowest BCUT2D eigenvalue weighted by molar-refractivity contribution is 0.0593. The third kappa shape index (κ3) is 3.49. The van der Waals surface area contributed by atoms with E-state index in [0.717, 1.165) is 0 Å². The molecule has 128 valence electrons. The number of carbonyl (C=O) groups excluding carboxylic acids is 1. The van der Waals surface area contributed by atoms with Gasteiger partial charge in [-0.1, -0.05) is 46.9 Å². The average Bonchev–Trinajstić information content (AvgIpc) is 2.60. The molecule has 5 nitrogen and oxygen atoms in total. The van der Waals surface area contributed by atoms with Crippen molar-refractivity contribution in [2.75, 3.05) is 7.11 Å². The van der Waals surface area contributed by atoms with E-state index < -0.39 is 5.97 Å². The molecule has 0 radical (unpaired) electrons. The molecule has 2 aromatic carbocycles. The molecule has 0 bridgehead atoms. The van der Waals surface area contributed by atoms with E-state index in [4.69, 9.17) is 39.5 Å². The molecule has 3 rings (SSSR count). The molecule has 0 aliphatic carbocycles. The second-order valence-electron chi connectivity index (χ2n) is 5.24. The van der Waals surface area contributed by atoms with Crippen LogP contribution in [0.3, 0.4) is 0 Å². The lowest BCUT2D eigenvalue weighted by Crippen LogP contribution is -2.26. The highest BCUT2D eigenvalue weighted by atomic mass is 35.5. The first kappa shape index (κ1) is 17.7. The maximum atomic E-state index is 12.7. The summed E-state index contributed by atoms with van der Waals surface area (Å²) in [5.41, 5.74) is 0.367. The monoisotopic (exact) mass is 396 g/mol. The van der Waals surface area contributed by atoms with Crippen molar-refractivity contribution < 1.29 is 9.53 Å². The Morgan fingerprint density at radius 3 is 2.52 bits per heavy atom. The fourth-order valence-electron chi connectivity index (χ4n) is 2.42. The molecule has 0 aliphatic rings. The van der Waals surface area contributed by atoms with Gasteiger partial charge < -0.3 is 4.74 Å². The number of esters is 1. The molecule has 0 aliphatic heterocycles. The Kier molecular flexibility index (Phi) is 4.99. The van der Waals surface area contributed by atoms with Crippen LogP contribution in [-0.4, -0.2) is 22.9 Å². The molecule has 0 atom stereocenters. The number of nitrogens with zero attached hydrogens (tertiary/aromatic N) is 2. The summed E-state index contributed by atoms with van der Waals surface area (Å²) in [5.74, 6) is -0.643. The SMILES string of the molecule is COC(=O)c1nn(Cc2ccc(Cl)c(Cl)c2)c(=O)c2cc(Cl)ccc12. The summed E-state index contributed by atoms with van der Waals surface area (Å²) >= 11 is 17.9. The highest BCUT2D eigenvalue weighted by molar-refractivity contribution is 6.42. The van der Waals surface area contributed by atoms with E-state index in [-0.39, 0.29) is 23.2 Å². The summed E-state index contributed by atoms with van der Waals surface area (Å²) in [4.78, 5) is 24.8. The molecule has 0 fully saturated rings. The number of halogens is 3. The van der Waals surface area contributed by atoms with Gasteiger partial charge in [-0.25, -0.2) is 9.48 Å². The van der Waals surface area contributed by atoms with Crippen molar-refractivity contribution in [3.63, 3.8) is 0 Å². The molecule has 0 saturated carbocycles. The van der Waals surface area contributed by atoms with Crippen molar-refractivity contribution in [3.8, 4) is 0 Å². The average molecular weight is 398 g/mol. The van der Waals surface area contributed by atoms with E-state index >= 15 is 0 Å². The van der Waals surface area contributed by atoms with Gasteiger partial charge in [-0.05, 0) is 29.8 Å². The number of ether oxygens (including phenoxy) is 1. The molecule has 0 N–H and O–H groups in total. The molecule has 1 heterocycles. The first-order valence-electron chi connectivity index (χ1n) is 7.13. The number of aromatic nitrogens is 2. The second-order valence-corrected chi connectivity index (χ2v) is 6.49. The van der Waals surface area contributed by atoms with Gasteiger partial charge in [-0.15, -0.1) is 0 Å². The molecule has 3 aromatic rings. The molecule has 0 spiro atoms. The van der Waals surface area contributed by atoms with Gasteiger partial charge in [0.15, 0.2) is 5.69 Å². The van der Waals surface area contributed by atoms with Crippen molar-refractivity contribution in [1.29, 1.82) is 0 Å². The van der Waals surface area contributed by atoms with Gasteiger partial charge in [-0.3, -0.25) is 4.79 Å². The highest BCUT2D eigenvalue weighted by Crippen LogP contribution is 2.23. The Morgan fingerprint density at radius 1 is 1.08 bits per heavy atom. The standard InChI is InChI=1S/C17H11Cl3N2O3/c1-25-17(24)15-11-4-3-10(18)7-12(11)16(23)22(21-15)8-9-2-5-13(19)14(20)6-9/h2-7H,8H2,1H3. The smallest absolute Gasteiger partial charge is 0.359 e. The van der Waals surface area contributed by atoms with E-state index in [1.54, 1.807) is 30.3 Å². The van der Waals surface area contributed by atoms with Crippen molar-refractivity contribution >= 4 is 51.5 Å². The van der Waals surface area contributed by atoms with Crippen molar-refractivity contribution in [1.82, 2.24) is 9.78 Å². The fraction of sp³-hybridized carbons (Fsp3) is 0.118. The maximum absolute atomic E-state index is 12.7. The summed E-state index contributed by atoms with van der Waals surface area (Å²) in [6.07, 6.45) is 0. The minimum atomic E-state index is -0.643. The van der Waals surface area contributed by atoms with Crippen LogP contribution in [0.5, 0.6) is 0 Å². The van der Waals surface area contributed by atoms with Crippen LogP contribution in [-0.2, 0) is 11.3 Å². The first-order chi connectivity index (χ1) is 11.9. The molecule has 1 aromatic heterocycles. The third-order valence-corrected chi connectivity index (χ3v) is 4.59. The predicted octanol–water partition coefficient (Wildman–Crippen LogP) is 4.19. The van der Waals surface area contributed by atoms with Crippen molar-refractivity contribution in [2.24, 2.45) is 0 Å². The van der Waals surface area contributed by atoms with E-state index in [9.17, 15) is 9.59 Å². The Balaban J connectivity index is 2.20. The number of hydrogen-bond acceptors (Lipinski definition) is 4. The minimum Gasteiger partial charge on any atom is -0.464 e. The van der Waals surface area contributed by atoms with Gasteiger partial charge in [0.1, 0.15) is 0 Å². The fourth-order valence-corrected chi connectivity index (χ4v) is 2.92. The zero-order chi connectivity index (χ0) is 18.1. The van der Waals surface area contributed by atoms with Gasteiger partial charge in [0.2, 0.25) is 0 Å². The van der Waals surface area contributed by atoms with E-state index in [1.165, 1.54) is 17.9 Å². The topological polar surface area (TPSA) is 61.2 Å². The Labute approximate surface area is 157 Å². The molecule has 0 saturated heterocycles. The summed E-state index contributed by atoms with van der Waals surface area (Å²) in [7, 11) is 1.25. The quantitative estimate of drug-likeness (QED) is 0.622. The summed E-state index contributed by atoms with van der Waals surface area (Å²) in [6.45, 7) is 0.113. The molecular weight excluding hydrogens is 387 g/mol. The number of hydrogen-bond donors (Lipinski definition) is 0. The molecule has 0 unspecified atom stereocenters. The summed E-state index contributed by atoms with van der Waals surface area (Å²) in [6, 6.07) is 9.64. The zero-order valence-corrected chi connectivity index (χ0v) is 15.2. The third-order valence-electron chi connectivity index (χ3n) is 3.62. The maximum Gasteiger partial charge on any atom is 0.359 e. The summed E-state index contributed by atoms with van der Waals surface area (Å²) in [5, 5.41) is 5.98. The van der Waals surface area contributed by atoms with Crippen LogP contribution in [0.25, 0.3) is 10.8 Å². The van der Waals surface area contributed by atoms with Gasteiger partial charge in [0.25, 0.3) is 5.56 Å². The van der Waals surface area contributed by atoms with E-state index in [0.29, 0.717) is 26.0 Å². The van der Waals surface area contributed by atoms with Crippen LogP contribution in [0.4, 0.5) is 0 Å². The lowest BCUT2D eigenvalue weighted by atomic mass is 10.1. The first-order valence-corrected chi connectivity index (χ1v) is 8.26. The van der Waals surface area contributed by atoms with Gasteiger partial charge in [-0.2, -0.15) is 5.10 Å². The van der Waals surface area contributed by atoms with Crippen LogP contribution in [0.1, 0.15) is 16.1 Å². The Hall–Kier alpha value is -2.08. The number of carbonyl (C=O) groups is 1. The minimum absolute atomic E-state index is 0.0360. The van der Waals surface area contributed by atoms with E-state index in [1.807, 2.05) is 0 Å². The lowest BCUT2D eigenvalue weighted by Gasteiger charge is -2.11. The van der Waals surface area contributed by atoms with E-state index in [2.05, 4.69) is 5.10 Å². The highest BCUT2D eigenvalue weighted by Gasteiger charge is 2.18. The van der Waals surface area contributed by atoms with Crippen LogP contribution in [0.15, 0.2) is 41.2 Å². The Bertz CT molecular complexity index is 1050. The van der Waals surface area contributed by atoms with Crippen LogP contribution < -0.4 is 5.56 Å². The predicted molar refractivity (Wildman–Crippen MR) is 97.9 cm³/mol. The molecule has 25 heavy (non-hydrogen) atoms. The Morgan fingerprint density at radius 2 is 1.84 bits per heavy atom. The van der Waals surface area contributed by atoms with Crippen molar-refractivity contribution in [2.45, 2.75) is 6.54 Å². The van der Waals surface area contributed by atoms with Crippen molar-refractivity contribution in [3.05, 3.63) is 73.1 Å². The van der Waals surface area contributed by atoms with Gasteiger partial charge in [0.05, 0.1) is 29.1 Å².